The second-order valence-electron chi connectivity index (χ2n) is 6.80. The molecule has 11 heteroatoms. The number of carbonyl (C=O) groups excluding carboxylic acids is 1. The van der Waals surface area contributed by atoms with Crippen LogP contribution in [0.4, 0.5) is 13.2 Å². The Hall–Kier alpha value is -2.40. The van der Waals surface area contributed by atoms with E-state index in [0.717, 1.165) is 25.1 Å². The van der Waals surface area contributed by atoms with Crippen molar-refractivity contribution in [1.29, 1.82) is 0 Å². The van der Waals surface area contributed by atoms with Crippen LogP contribution in [0.15, 0.2) is 29.1 Å². The summed E-state index contributed by atoms with van der Waals surface area (Å²) in [4.78, 5) is 23.3. The van der Waals surface area contributed by atoms with Crippen LogP contribution in [0, 0.1) is 0 Å². The van der Waals surface area contributed by atoms with E-state index in [0.29, 0.717) is 18.6 Å². The minimum atomic E-state index is -5.08. The van der Waals surface area contributed by atoms with Crippen molar-refractivity contribution in [3.63, 3.8) is 0 Å². The number of fused-ring (bicyclic) bond motifs is 1. The van der Waals surface area contributed by atoms with E-state index in [-0.39, 0.29) is 5.91 Å². The second kappa shape index (κ2) is 9.88. The van der Waals surface area contributed by atoms with Crippen molar-refractivity contribution in [1.82, 2.24) is 20.0 Å². The number of hydrogen-bond acceptors (Lipinski definition) is 5. The van der Waals surface area contributed by atoms with Crippen LogP contribution in [-0.2, 0) is 11.3 Å². The van der Waals surface area contributed by atoms with Gasteiger partial charge in [-0.15, -0.1) is 0 Å². The summed E-state index contributed by atoms with van der Waals surface area (Å²) >= 11 is 1.54. The van der Waals surface area contributed by atoms with Crippen molar-refractivity contribution in [2.75, 3.05) is 13.1 Å². The molecule has 7 nitrogen and oxygen atoms in total. The Bertz CT molecular complexity index is 806. The first-order chi connectivity index (χ1) is 13.6. The molecule has 0 radical (unpaired) electrons. The highest BCUT2D eigenvalue weighted by Gasteiger charge is 2.38. The van der Waals surface area contributed by atoms with Crippen LogP contribution in [0.2, 0.25) is 0 Å². The molecule has 2 aromatic rings. The first-order valence-electron chi connectivity index (χ1n) is 8.96. The molecule has 29 heavy (non-hydrogen) atoms. The fraction of sp³-hybridized carbons (Fsp3) is 0.500. The molecule has 0 spiro atoms. The lowest BCUT2D eigenvalue weighted by molar-refractivity contribution is -0.192. The summed E-state index contributed by atoms with van der Waals surface area (Å²) in [6.45, 7) is 7.06. The van der Waals surface area contributed by atoms with Crippen molar-refractivity contribution < 1.29 is 27.9 Å². The highest BCUT2D eigenvalue weighted by Crippen LogP contribution is 2.24. The van der Waals surface area contributed by atoms with Crippen molar-refractivity contribution >= 4 is 23.2 Å². The van der Waals surface area contributed by atoms with Gasteiger partial charge in [0, 0.05) is 42.8 Å². The lowest BCUT2D eigenvalue weighted by atomic mass is 10.1. The third kappa shape index (κ3) is 6.57. The van der Waals surface area contributed by atoms with E-state index >= 15 is 0 Å². The number of carboxylic acid groups (broad SMARTS) is 1. The number of halogens is 3. The van der Waals surface area contributed by atoms with Gasteiger partial charge in [0.05, 0.1) is 11.7 Å². The van der Waals surface area contributed by atoms with Crippen LogP contribution in [0.25, 0.3) is 0 Å². The number of nitrogens with one attached hydrogen (secondary N) is 1. The Balaban J connectivity index is 0.000000370. The Morgan fingerprint density at radius 2 is 2.07 bits per heavy atom. The van der Waals surface area contributed by atoms with E-state index in [4.69, 9.17) is 9.90 Å². The molecule has 0 saturated carbocycles. The summed E-state index contributed by atoms with van der Waals surface area (Å²) in [5, 5.41) is 18.4. The normalized spacial score (nSPS) is 16.7. The maximum atomic E-state index is 12.0. The highest BCUT2D eigenvalue weighted by molar-refractivity contribution is 7.08. The number of nitrogens with zero attached hydrogens (tertiary/aromatic N) is 3. The molecule has 0 aromatic carbocycles. The lowest BCUT2D eigenvalue weighted by Gasteiger charge is -2.36. The first kappa shape index (κ1) is 22.9. The Labute approximate surface area is 170 Å². The summed E-state index contributed by atoms with van der Waals surface area (Å²) in [7, 11) is 0. The molecule has 1 aliphatic heterocycles. The standard InChI is InChI=1S/C16H22N4OS.C2HF3O2/c1-12(2)19-9-14(20-15(10-19)4-7-18-20)3-6-17-16(21)13-5-8-22-11-13;3-2(4,5)1(6)7/h4-5,7-8,11-12,14H,3,6,9-10H2,1-2H3,(H,17,21);(H,6,7). The maximum Gasteiger partial charge on any atom is 0.490 e. The van der Waals surface area contributed by atoms with Gasteiger partial charge in [0.1, 0.15) is 0 Å². The van der Waals surface area contributed by atoms with Crippen molar-refractivity contribution in [3.8, 4) is 0 Å². The average Bonchev–Trinajstić information content (AvgIpc) is 3.32. The average molecular weight is 432 g/mol. The summed E-state index contributed by atoms with van der Waals surface area (Å²) < 4.78 is 33.9. The van der Waals surface area contributed by atoms with Gasteiger partial charge < -0.3 is 10.4 Å². The number of thiophene rings is 1. The summed E-state index contributed by atoms with van der Waals surface area (Å²) in [6.07, 6.45) is -2.32. The fourth-order valence-electron chi connectivity index (χ4n) is 2.87. The molecule has 2 aromatic heterocycles. The third-order valence-corrected chi connectivity index (χ3v) is 5.11. The molecule has 3 heterocycles. The molecular weight excluding hydrogens is 409 g/mol. The van der Waals surface area contributed by atoms with E-state index in [1.54, 1.807) is 11.3 Å². The van der Waals surface area contributed by atoms with E-state index < -0.39 is 12.1 Å². The van der Waals surface area contributed by atoms with Gasteiger partial charge in [-0.25, -0.2) is 4.79 Å². The molecule has 160 valence electrons. The third-order valence-electron chi connectivity index (χ3n) is 4.43. The van der Waals surface area contributed by atoms with Crippen LogP contribution in [0.3, 0.4) is 0 Å². The molecule has 0 aliphatic carbocycles. The minimum absolute atomic E-state index is 0.0125. The minimum Gasteiger partial charge on any atom is -0.475 e. The van der Waals surface area contributed by atoms with Gasteiger partial charge in [0.2, 0.25) is 0 Å². The maximum absolute atomic E-state index is 12.0. The molecule has 1 aliphatic rings. The van der Waals surface area contributed by atoms with Crippen molar-refractivity contribution in [2.24, 2.45) is 0 Å². The van der Waals surface area contributed by atoms with Crippen LogP contribution < -0.4 is 5.32 Å². The largest absolute Gasteiger partial charge is 0.490 e. The van der Waals surface area contributed by atoms with Gasteiger partial charge in [0.15, 0.2) is 0 Å². The van der Waals surface area contributed by atoms with Crippen molar-refractivity contribution in [3.05, 3.63) is 40.3 Å². The number of amides is 1. The van der Waals surface area contributed by atoms with E-state index in [1.807, 2.05) is 23.0 Å². The smallest absolute Gasteiger partial charge is 0.475 e. The Morgan fingerprint density at radius 1 is 1.38 bits per heavy atom. The van der Waals surface area contributed by atoms with Gasteiger partial charge in [-0.2, -0.15) is 29.6 Å². The van der Waals surface area contributed by atoms with Gasteiger partial charge in [-0.1, -0.05) is 0 Å². The number of aromatic nitrogens is 2. The van der Waals surface area contributed by atoms with E-state index in [9.17, 15) is 18.0 Å². The Kier molecular flexibility index (Phi) is 7.80. The molecular formula is C18H23F3N4O3S. The second-order valence-corrected chi connectivity index (χ2v) is 7.58. The molecule has 0 saturated heterocycles. The number of rotatable bonds is 5. The summed E-state index contributed by atoms with van der Waals surface area (Å²) in [5.41, 5.74) is 2.01. The predicted octanol–water partition coefficient (Wildman–Crippen LogP) is 3.16. The van der Waals surface area contributed by atoms with Crippen LogP contribution >= 0.6 is 11.3 Å². The van der Waals surface area contributed by atoms with Crippen LogP contribution in [0.5, 0.6) is 0 Å². The zero-order valence-electron chi connectivity index (χ0n) is 16.0. The number of aliphatic carboxylic acids is 1. The monoisotopic (exact) mass is 432 g/mol. The van der Waals surface area contributed by atoms with Gasteiger partial charge in [-0.05, 0) is 37.8 Å². The molecule has 1 unspecified atom stereocenters. The Morgan fingerprint density at radius 3 is 2.62 bits per heavy atom. The van der Waals surface area contributed by atoms with Gasteiger partial charge >= 0.3 is 12.1 Å². The lowest BCUT2D eigenvalue weighted by Crippen LogP contribution is -2.42. The summed E-state index contributed by atoms with van der Waals surface area (Å²) in [5.74, 6) is -2.74. The predicted molar refractivity (Wildman–Crippen MR) is 102 cm³/mol. The van der Waals surface area contributed by atoms with Crippen molar-refractivity contribution in [2.45, 2.75) is 45.1 Å². The highest BCUT2D eigenvalue weighted by atomic mass is 32.1. The molecule has 1 atom stereocenters. The summed E-state index contributed by atoms with van der Waals surface area (Å²) in [6, 6.07) is 4.79. The van der Waals surface area contributed by atoms with Gasteiger partial charge in [-0.3, -0.25) is 14.4 Å². The molecule has 1 amide bonds. The van der Waals surface area contributed by atoms with E-state index in [1.165, 1.54) is 5.69 Å². The number of alkyl halides is 3. The van der Waals surface area contributed by atoms with Crippen LogP contribution in [-0.4, -0.2) is 57.0 Å². The van der Waals surface area contributed by atoms with Gasteiger partial charge in [0.25, 0.3) is 5.91 Å². The number of carbonyl (C=O) groups is 2. The number of carboxylic acids is 1. The quantitative estimate of drug-likeness (QED) is 0.758. The zero-order chi connectivity index (χ0) is 21.6. The molecule has 0 bridgehead atoms. The zero-order valence-corrected chi connectivity index (χ0v) is 16.8. The number of hydrogen-bond donors (Lipinski definition) is 2. The molecule has 0 fully saturated rings. The SMILES string of the molecule is CC(C)N1Cc2ccnn2C(CCNC(=O)c2ccsc2)C1.O=C(O)C(F)(F)F. The molecule has 3 rings (SSSR count). The van der Waals surface area contributed by atoms with Crippen LogP contribution in [0.1, 0.15) is 42.4 Å². The fourth-order valence-corrected chi connectivity index (χ4v) is 3.51. The molecule has 2 N–H and O–H groups in total. The first-order valence-corrected chi connectivity index (χ1v) is 9.90. The van der Waals surface area contributed by atoms with E-state index in [2.05, 4.69) is 39.9 Å². The topological polar surface area (TPSA) is 87.5 Å².